The maximum absolute atomic E-state index is 4.69. The molecule has 0 saturated heterocycles. The smallest absolute Gasteiger partial charge is 0.191 e. The lowest BCUT2D eigenvalue weighted by molar-refractivity contribution is 0.534. The molecule has 2 N–H and O–H groups in total. The van der Waals surface area contributed by atoms with Crippen molar-refractivity contribution < 1.29 is 0 Å². The second-order valence-corrected chi connectivity index (χ2v) is 5.42. The molecule has 0 saturated carbocycles. The fourth-order valence-electron chi connectivity index (χ4n) is 2.20. The SMILES string of the molecule is CCNC(=NCC(C)(C)c1ccccc1C)NCC. The lowest BCUT2D eigenvalue weighted by Gasteiger charge is -2.25. The van der Waals surface area contributed by atoms with Gasteiger partial charge in [-0.1, -0.05) is 38.1 Å². The van der Waals surface area contributed by atoms with Gasteiger partial charge >= 0.3 is 0 Å². The molecule has 0 aliphatic rings. The first-order valence-electron chi connectivity index (χ1n) is 7.09. The third-order valence-corrected chi connectivity index (χ3v) is 3.20. The Morgan fingerprint density at radius 3 is 2.21 bits per heavy atom. The number of rotatable bonds is 5. The zero-order chi connectivity index (χ0) is 14.3. The van der Waals surface area contributed by atoms with Gasteiger partial charge in [0, 0.05) is 18.5 Å². The van der Waals surface area contributed by atoms with Gasteiger partial charge in [0.25, 0.3) is 0 Å². The number of hydrogen-bond donors (Lipinski definition) is 2. The second kappa shape index (κ2) is 7.17. The molecule has 0 aromatic heterocycles. The standard InChI is InChI=1S/C16H27N3/c1-6-17-15(18-7-2)19-12-16(4,5)14-11-9-8-10-13(14)3/h8-11H,6-7,12H2,1-5H3,(H2,17,18,19). The molecule has 0 bridgehead atoms. The lowest BCUT2D eigenvalue weighted by atomic mass is 9.82. The van der Waals surface area contributed by atoms with Crippen molar-refractivity contribution in [3.63, 3.8) is 0 Å². The Balaban J connectivity index is 2.84. The predicted molar refractivity (Wildman–Crippen MR) is 83.9 cm³/mol. The fraction of sp³-hybridized carbons (Fsp3) is 0.562. The van der Waals surface area contributed by atoms with Crippen molar-refractivity contribution in [1.82, 2.24) is 10.6 Å². The first kappa shape index (κ1) is 15.5. The average molecular weight is 261 g/mol. The highest BCUT2D eigenvalue weighted by Crippen LogP contribution is 2.26. The Morgan fingerprint density at radius 1 is 1.11 bits per heavy atom. The van der Waals surface area contributed by atoms with E-state index in [9.17, 15) is 0 Å². The Kier molecular flexibility index (Phi) is 5.87. The largest absolute Gasteiger partial charge is 0.357 e. The van der Waals surface area contributed by atoms with Gasteiger partial charge in [-0.3, -0.25) is 4.99 Å². The van der Waals surface area contributed by atoms with Crippen molar-refractivity contribution in [3.8, 4) is 0 Å². The normalized spacial score (nSPS) is 11.0. The zero-order valence-corrected chi connectivity index (χ0v) is 12.9. The summed E-state index contributed by atoms with van der Waals surface area (Å²) in [6.45, 7) is 13.4. The molecule has 19 heavy (non-hydrogen) atoms. The van der Waals surface area contributed by atoms with Crippen LogP contribution in [0.25, 0.3) is 0 Å². The molecule has 0 aliphatic heterocycles. The fourth-order valence-corrected chi connectivity index (χ4v) is 2.20. The number of nitrogens with one attached hydrogen (secondary N) is 2. The molecule has 0 radical (unpaired) electrons. The Morgan fingerprint density at radius 2 is 1.68 bits per heavy atom. The van der Waals surface area contributed by atoms with Crippen LogP contribution < -0.4 is 10.6 Å². The number of guanidine groups is 1. The number of aliphatic imine (C=N–C) groups is 1. The third-order valence-electron chi connectivity index (χ3n) is 3.20. The highest BCUT2D eigenvalue weighted by molar-refractivity contribution is 5.79. The van der Waals surface area contributed by atoms with Gasteiger partial charge in [-0.15, -0.1) is 0 Å². The lowest BCUT2D eigenvalue weighted by Crippen LogP contribution is -2.38. The molecule has 1 rings (SSSR count). The summed E-state index contributed by atoms with van der Waals surface area (Å²) in [4.78, 5) is 4.69. The maximum atomic E-state index is 4.69. The van der Waals surface area contributed by atoms with Crippen molar-refractivity contribution in [3.05, 3.63) is 35.4 Å². The number of benzene rings is 1. The predicted octanol–water partition coefficient (Wildman–Crippen LogP) is 2.85. The quantitative estimate of drug-likeness (QED) is 0.631. The van der Waals surface area contributed by atoms with Gasteiger partial charge in [-0.2, -0.15) is 0 Å². The highest BCUT2D eigenvalue weighted by Gasteiger charge is 2.21. The minimum atomic E-state index is 0.0431. The van der Waals surface area contributed by atoms with E-state index in [4.69, 9.17) is 0 Å². The van der Waals surface area contributed by atoms with E-state index in [2.05, 4.69) is 74.5 Å². The van der Waals surface area contributed by atoms with Gasteiger partial charge in [0.15, 0.2) is 5.96 Å². The van der Waals surface area contributed by atoms with Crippen LogP contribution in [-0.4, -0.2) is 25.6 Å². The molecule has 0 amide bonds. The van der Waals surface area contributed by atoms with Crippen LogP contribution in [-0.2, 0) is 5.41 Å². The van der Waals surface area contributed by atoms with Gasteiger partial charge in [-0.05, 0) is 31.9 Å². The van der Waals surface area contributed by atoms with E-state index in [-0.39, 0.29) is 5.41 Å². The minimum absolute atomic E-state index is 0.0431. The van der Waals surface area contributed by atoms with Crippen molar-refractivity contribution >= 4 is 5.96 Å². The van der Waals surface area contributed by atoms with E-state index in [1.54, 1.807) is 0 Å². The highest BCUT2D eigenvalue weighted by atomic mass is 15.2. The zero-order valence-electron chi connectivity index (χ0n) is 12.9. The molecular weight excluding hydrogens is 234 g/mol. The summed E-state index contributed by atoms with van der Waals surface area (Å²) >= 11 is 0. The van der Waals surface area contributed by atoms with Crippen LogP contribution in [0.3, 0.4) is 0 Å². The molecule has 0 fully saturated rings. The average Bonchev–Trinajstić information content (AvgIpc) is 2.37. The summed E-state index contributed by atoms with van der Waals surface area (Å²) < 4.78 is 0. The van der Waals surface area contributed by atoms with Crippen molar-refractivity contribution in [2.75, 3.05) is 19.6 Å². The van der Waals surface area contributed by atoms with Crippen LogP contribution in [0.5, 0.6) is 0 Å². The third kappa shape index (κ3) is 4.58. The molecule has 0 unspecified atom stereocenters. The van der Waals surface area contributed by atoms with E-state index >= 15 is 0 Å². The summed E-state index contributed by atoms with van der Waals surface area (Å²) in [5, 5.41) is 6.52. The topological polar surface area (TPSA) is 36.4 Å². The Hall–Kier alpha value is -1.51. The molecular formula is C16H27N3. The molecule has 0 heterocycles. The molecule has 1 aromatic rings. The van der Waals surface area contributed by atoms with Gasteiger partial charge in [-0.25, -0.2) is 0 Å². The van der Waals surface area contributed by atoms with Gasteiger partial charge in [0.1, 0.15) is 0 Å². The number of nitrogens with zero attached hydrogens (tertiary/aromatic N) is 1. The molecule has 3 nitrogen and oxygen atoms in total. The van der Waals surface area contributed by atoms with E-state index < -0.39 is 0 Å². The van der Waals surface area contributed by atoms with Crippen LogP contribution in [0.4, 0.5) is 0 Å². The number of aryl methyl sites for hydroxylation is 1. The van der Waals surface area contributed by atoms with Gasteiger partial charge in [0.2, 0.25) is 0 Å². The van der Waals surface area contributed by atoms with Crippen molar-refractivity contribution in [1.29, 1.82) is 0 Å². The van der Waals surface area contributed by atoms with E-state index in [1.165, 1.54) is 11.1 Å². The molecule has 3 heteroatoms. The van der Waals surface area contributed by atoms with Crippen LogP contribution >= 0.6 is 0 Å². The summed E-state index contributed by atoms with van der Waals surface area (Å²) in [6.07, 6.45) is 0. The molecule has 0 atom stereocenters. The van der Waals surface area contributed by atoms with Crippen LogP contribution in [0.1, 0.15) is 38.8 Å². The van der Waals surface area contributed by atoms with Crippen LogP contribution in [0.2, 0.25) is 0 Å². The maximum Gasteiger partial charge on any atom is 0.191 e. The van der Waals surface area contributed by atoms with E-state index in [0.717, 1.165) is 25.6 Å². The summed E-state index contributed by atoms with van der Waals surface area (Å²) in [6, 6.07) is 8.55. The Labute approximate surface area is 117 Å². The number of hydrogen-bond acceptors (Lipinski definition) is 1. The van der Waals surface area contributed by atoms with Crippen molar-refractivity contribution in [2.24, 2.45) is 4.99 Å². The summed E-state index contributed by atoms with van der Waals surface area (Å²) in [5.41, 5.74) is 2.74. The van der Waals surface area contributed by atoms with Gasteiger partial charge in [0.05, 0.1) is 6.54 Å². The van der Waals surface area contributed by atoms with Crippen molar-refractivity contribution in [2.45, 2.75) is 40.0 Å². The van der Waals surface area contributed by atoms with E-state index in [0.29, 0.717) is 0 Å². The second-order valence-electron chi connectivity index (χ2n) is 5.42. The minimum Gasteiger partial charge on any atom is -0.357 e. The van der Waals surface area contributed by atoms with Crippen LogP contribution in [0.15, 0.2) is 29.3 Å². The van der Waals surface area contributed by atoms with E-state index in [1.807, 2.05) is 0 Å². The first-order valence-corrected chi connectivity index (χ1v) is 7.09. The van der Waals surface area contributed by atoms with Crippen LogP contribution in [0, 0.1) is 6.92 Å². The summed E-state index contributed by atoms with van der Waals surface area (Å²) in [7, 11) is 0. The molecule has 1 aromatic carbocycles. The first-order chi connectivity index (χ1) is 9.01. The molecule has 106 valence electrons. The molecule has 0 spiro atoms. The van der Waals surface area contributed by atoms with Gasteiger partial charge < -0.3 is 10.6 Å². The molecule has 0 aliphatic carbocycles. The Bertz CT molecular complexity index is 414. The monoisotopic (exact) mass is 261 g/mol. The summed E-state index contributed by atoms with van der Waals surface area (Å²) in [5.74, 6) is 0.895.